The highest BCUT2D eigenvalue weighted by molar-refractivity contribution is 7.38. The van der Waals surface area contributed by atoms with Gasteiger partial charge in [-0.2, -0.15) is 4.89 Å². The van der Waals surface area contributed by atoms with Crippen molar-refractivity contribution in [2.75, 3.05) is 0 Å². The van der Waals surface area contributed by atoms with Crippen LogP contribution >= 0.6 is 8.03 Å². The molecule has 0 saturated carbocycles. The number of aliphatic carboxylic acids is 2. The summed E-state index contributed by atoms with van der Waals surface area (Å²) < 4.78 is 10.6. The van der Waals surface area contributed by atoms with Gasteiger partial charge in [-0.3, -0.25) is 9.59 Å². The fourth-order valence-corrected chi connectivity index (χ4v) is 1.59. The van der Waals surface area contributed by atoms with E-state index < -0.39 is 31.5 Å². The molecule has 0 aliphatic rings. The SMILES string of the molecule is CC(C(CCC(=O)O)C(=O)O)[P+](=O)O. The van der Waals surface area contributed by atoms with Crippen molar-refractivity contribution in [2.24, 2.45) is 5.92 Å². The van der Waals surface area contributed by atoms with Gasteiger partial charge in [-0.25, -0.2) is 0 Å². The van der Waals surface area contributed by atoms with Crippen LogP contribution in [-0.4, -0.2) is 32.7 Å². The molecular formula is C7H12O6P+. The van der Waals surface area contributed by atoms with Gasteiger partial charge < -0.3 is 10.2 Å². The first-order chi connectivity index (χ1) is 6.36. The van der Waals surface area contributed by atoms with Gasteiger partial charge in [0.25, 0.3) is 0 Å². The van der Waals surface area contributed by atoms with Crippen LogP contribution in [0.15, 0.2) is 0 Å². The Kier molecular flexibility index (Phi) is 5.27. The number of carboxylic acids is 2. The Bertz CT molecular complexity index is 251. The number of carboxylic acid groups (broad SMARTS) is 2. The monoisotopic (exact) mass is 223 g/mol. The lowest BCUT2D eigenvalue weighted by molar-refractivity contribution is -0.142. The minimum absolute atomic E-state index is 0.131. The Morgan fingerprint density at radius 1 is 1.36 bits per heavy atom. The van der Waals surface area contributed by atoms with Crippen LogP contribution in [0.25, 0.3) is 0 Å². The quantitative estimate of drug-likeness (QED) is 0.570. The summed E-state index contributed by atoms with van der Waals surface area (Å²) in [5.74, 6) is -3.44. The van der Waals surface area contributed by atoms with Crippen molar-refractivity contribution in [1.29, 1.82) is 0 Å². The third kappa shape index (κ3) is 4.30. The zero-order valence-electron chi connectivity index (χ0n) is 7.58. The Morgan fingerprint density at radius 3 is 2.14 bits per heavy atom. The molecule has 0 spiro atoms. The molecule has 0 aliphatic carbocycles. The highest BCUT2D eigenvalue weighted by atomic mass is 31.1. The van der Waals surface area contributed by atoms with Crippen molar-refractivity contribution in [3.63, 3.8) is 0 Å². The largest absolute Gasteiger partial charge is 0.509 e. The van der Waals surface area contributed by atoms with Crippen molar-refractivity contribution in [3.8, 4) is 0 Å². The van der Waals surface area contributed by atoms with E-state index in [4.69, 9.17) is 15.1 Å². The predicted molar refractivity (Wildman–Crippen MR) is 47.3 cm³/mol. The molecule has 3 unspecified atom stereocenters. The minimum Gasteiger partial charge on any atom is -0.481 e. The first kappa shape index (κ1) is 13.0. The molecule has 0 aromatic heterocycles. The number of hydrogen-bond acceptors (Lipinski definition) is 3. The summed E-state index contributed by atoms with van der Waals surface area (Å²) in [6.07, 6.45) is -0.446. The molecule has 7 heteroatoms. The van der Waals surface area contributed by atoms with Gasteiger partial charge in [0, 0.05) is 6.42 Å². The second-order valence-corrected chi connectivity index (χ2v) is 4.34. The fourth-order valence-electron chi connectivity index (χ4n) is 1.00. The lowest BCUT2D eigenvalue weighted by atomic mass is 10.0. The van der Waals surface area contributed by atoms with Crippen molar-refractivity contribution in [3.05, 3.63) is 0 Å². The first-order valence-corrected chi connectivity index (χ1v) is 5.24. The molecule has 0 aliphatic heterocycles. The maximum absolute atomic E-state index is 10.6. The molecule has 0 radical (unpaired) electrons. The van der Waals surface area contributed by atoms with Crippen molar-refractivity contribution in [1.82, 2.24) is 0 Å². The van der Waals surface area contributed by atoms with Gasteiger partial charge >= 0.3 is 20.0 Å². The summed E-state index contributed by atoms with van der Waals surface area (Å²) >= 11 is 0. The number of hydrogen-bond donors (Lipinski definition) is 3. The van der Waals surface area contributed by atoms with E-state index in [1.54, 1.807) is 0 Å². The maximum atomic E-state index is 10.6. The second kappa shape index (κ2) is 5.67. The summed E-state index contributed by atoms with van der Waals surface area (Å²) in [4.78, 5) is 29.5. The minimum atomic E-state index is -2.59. The molecule has 14 heavy (non-hydrogen) atoms. The topological polar surface area (TPSA) is 112 Å². The molecule has 3 N–H and O–H groups in total. The van der Waals surface area contributed by atoms with E-state index in [0.29, 0.717) is 0 Å². The Morgan fingerprint density at radius 2 is 1.86 bits per heavy atom. The van der Waals surface area contributed by atoms with Crippen molar-refractivity contribution in [2.45, 2.75) is 25.4 Å². The highest BCUT2D eigenvalue weighted by Gasteiger charge is 2.38. The molecule has 0 heterocycles. The van der Waals surface area contributed by atoms with E-state index in [1.165, 1.54) is 6.92 Å². The van der Waals surface area contributed by atoms with E-state index >= 15 is 0 Å². The zero-order chi connectivity index (χ0) is 11.3. The highest BCUT2D eigenvalue weighted by Crippen LogP contribution is 2.31. The van der Waals surface area contributed by atoms with Crippen LogP contribution in [-0.2, 0) is 14.2 Å². The van der Waals surface area contributed by atoms with Gasteiger partial charge in [-0.15, -0.1) is 0 Å². The Hall–Kier alpha value is -1.00. The smallest absolute Gasteiger partial charge is 0.481 e. The maximum Gasteiger partial charge on any atom is 0.509 e. The lowest BCUT2D eigenvalue weighted by Crippen LogP contribution is -2.24. The van der Waals surface area contributed by atoms with Gasteiger partial charge in [0.15, 0.2) is 5.66 Å². The van der Waals surface area contributed by atoms with Crippen LogP contribution in [0.2, 0.25) is 0 Å². The molecule has 0 aromatic rings. The summed E-state index contributed by atoms with van der Waals surface area (Å²) in [5.41, 5.74) is -0.929. The van der Waals surface area contributed by atoms with E-state index in [0.717, 1.165) is 0 Å². The van der Waals surface area contributed by atoms with Gasteiger partial charge in [0.1, 0.15) is 5.92 Å². The van der Waals surface area contributed by atoms with Gasteiger partial charge in [0.2, 0.25) is 0 Å². The molecule has 0 saturated heterocycles. The van der Waals surface area contributed by atoms with Crippen LogP contribution in [0.4, 0.5) is 0 Å². The van der Waals surface area contributed by atoms with Gasteiger partial charge in [0.05, 0.1) is 0 Å². The summed E-state index contributed by atoms with van der Waals surface area (Å²) in [6.45, 7) is 1.32. The molecule has 80 valence electrons. The second-order valence-electron chi connectivity index (χ2n) is 2.92. The molecular weight excluding hydrogens is 211 g/mol. The lowest BCUT2D eigenvalue weighted by Gasteiger charge is -2.08. The van der Waals surface area contributed by atoms with Crippen LogP contribution in [0.5, 0.6) is 0 Å². The third-order valence-electron chi connectivity index (χ3n) is 1.92. The molecule has 0 amide bonds. The zero-order valence-corrected chi connectivity index (χ0v) is 8.48. The van der Waals surface area contributed by atoms with Crippen molar-refractivity contribution < 1.29 is 29.3 Å². The molecule has 0 rings (SSSR count). The average molecular weight is 223 g/mol. The van der Waals surface area contributed by atoms with Crippen LogP contribution in [0.1, 0.15) is 19.8 Å². The predicted octanol–water partition coefficient (Wildman–Crippen LogP) is 0.675. The normalized spacial score (nSPS) is 15.7. The molecule has 0 bridgehead atoms. The van der Waals surface area contributed by atoms with Gasteiger partial charge in [-0.05, 0) is 17.9 Å². The first-order valence-electron chi connectivity index (χ1n) is 3.96. The van der Waals surface area contributed by atoms with Crippen LogP contribution in [0, 0.1) is 5.92 Å². The van der Waals surface area contributed by atoms with E-state index in [9.17, 15) is 14.2 Å². The number of carbonyl (C=O) groups is 2. The average Bonchev–Trinajstić information content (AvgIpc) is 2.02. The van der Waals surface area contributed by atoms with Crippen LogP contribution in [0.3, 0.4) is 0 Å². The van der Waals surface area contributed by atoms with E-state index in [1.807, 2.05) is 0 Å². The van der Waals surface area contributed by atoms with E-state index in [-0.39, 0.29) is 12.8 Å². The summed E-state index contributed by atoms with van der Waals surface area (Å²) in [7, 11) is -2.59. The fraction of sp³-hybridized carbons (Fsp3) is 0.714. The van der Waals surface area contributed by atoms with Crippen molar-refractivity contribution >= 4 is 20.0 Å². The molecule has 6 nitrogen and oxygen atoms in total. The third-order valence-corrected chi connectivity index (χ3v) is 2.97. The van der Waals surface area contributed by atoms with E-state index in [2.05, 4.69) is 0 Å². The molecule has 0 fully saturated rings. The number of rotatable bonds is 6. The summed E-state index contributed by atoms with van der Waals surface area (Å²) in [6, 6.07) is 0. The Labute approximate surface area is 81.4 Å². The summed E-state index contributed by atoms with van der Waals surface area (Å²) in [5, 5.41) is 17.0. The van der Waals surface area contributed by atoms with Gasteiger partial charge in [-0.1, -0.05) is 0 Å². The molecule has 3 atom stereocenters. The standard InChI is InChI=1S/C7H11O6P/c1-4(14(12)13)5(7(10)11)2-3-6(8)9/h4-5H,2-3H2,1H3,(H2-,8,9,10,11,12,13)/p+1. The van der Waals surface area contributed by atoms with Crippen LogP contribution < -0.4 is 0 Å². The molecule has 0 aromatic carbocycles. The Balaban J connectivity index is 4.37.